The molecule has 12 nitrogen and oxygen atoms in total. The summed E-state index contributed by atoms with van der Waals surface area (Å²) in [4.78, 5) is 39.5. The predicted octanol–water partition coefficient (Wildman–Crippen LogP) is 1.56. The van der Waals surface area contributed by atoms with Gasteiger partial charge in [-0.1, -0.05) is 6.08 Å². The number of nitrogens with one attached hydrogen (secondary N) is 3. The van der Waals surface area contributed by atoms with Crippen LogP contribution in [0.25, 0.3) is 16.9 Å². The number of morpholine rings is 1. The normalized spacial score (nSPS) is 19.9. The fourth-order valence-corrected chi connectivity index (χ4v) is 3.70. The summed E-state index contributed by atoms with van der Waals surface area (Å²) in [7, 11) is 0. The molecule has 1 fully saturated rings. The molecule has 1 atom stereocenters. The number of aromatic nitrogens is 3. The van der Waals surface area contributed by atoms with Crippen LogP contribution in [0.4, 0.5) is 16.5 Å². The Labute approximate surface area is 193 Å². The molecule has 0 spiro atoms. The van der Waals surface area contributed by atoms with Crippen molar-refractivity contribution in [1.29, 1.82) is 0 Å². The largest absolute Gasteiger partial charge is 0.465 e. The van der Waals surface area contributed by atoms with Gasteiger partial charge in [0, 0.05) is 42.8 Å². The highest BCUT2D eigenvalue weighted by atomic mass is 16.5. The van der Waals surface area contributed by atoms with E-state index in [1.54, 1.807) is 42.7 Å². The van der Waals surface area contributed by atoms with E-state index in [1.165, 1.54) is 12.3 Å². The van der Waals surface area contributed by atoms with Crippen molar-refractivity contribution in [2.24, 2.45) is 0 Å². The zero-order valence-electron chi connectivity index (χ0n) is 17.9. The Morgan fingerprint density at radius 1 is 1.24 bits per heavy atom. The van der Waals surface area contributed by atoms with Gasteiger partial charge in [0.05, 0.1) is 25.1 Å². The number of carbonyl (C=O) groups is 2. The first-order chi connectivity index (χ1) is 16.5. The maximum Gasteiger partial charge on any atom is 0.407 e. The maximum atomic E-state index is 13.3. The number of hydrogen-bond acceptors (Lipinski definition) is 9. The van der Waals surface area contributed by atoms with Crippen molar-refractivity contribution in [3.63, 3.8) is 0 Å². The summed E-state index contributed by atoms with van der Waals surface area (Å²) < 4.78 is 11.2. The highest BCUT2D eigenvalue weighted by Gasteiger charge is 2.40. The van der Waals surface area contributed by atoms with E-state index in [9.17, 15) is 14.7 Å². The number of amides is 2. The van der Waals surface area contributed by atoms with Crippen LogP contribution in [0.5, 0.6) is 0 Å². The number of carboxylic acid groups (broad SMARTS) is 1. The molecule has 34 heavy (non-hydrogen) atoms. The Hall–Kier alpha value is -4.45. The molecule has 0 aliphatic carbocycles. The summed E-state index contributed by atoms with van der Waals surface area (Å²) in [6.07, 6.45) is 8.03. The van der Waals surface area contributed by atoms with Crippen molar-refractivity contribution in [3.8, 4) is 0 Å². The average molecular weight is 463 g/mol. The average Bonchev–Trinajstić information content (AvgIpc) is 3.28. The van der Waals surface area contributed by atoms with E-state index in [-0.39, 0.29) is 0 Å². The molecule has 3 aromatic rings. The predicted molar refractivity (Wildman–Crippen MR) is 122 cm³/mol. The number of hydrogen-bond donors (Lipinski definition) is 4. The molecule has 3 aromatic heterocycles. The van der Waals surface area contributed by atoms with E-state index in [0.717, 1.165) is 0 Å². The van der Waals surface area contributed by atoms with Crippen LogP contribution < -0.4 is 20.9 Å². The lowest BCUT2D eigenvalue weighted by Crippen LogP contribution is -2.64. The second kappa shape index (κ2) is 8.83. The molecule has 2 aliphatic heterocycles. The van der Waals surface area contributed by atoms with Crippen LogP contribution in [-0.2, 0) is 9.53 Å². The van der Waals surface area contributed by atoms with Gasteiger partial charge in [-0.15, -0.1) is 0 Å². The monoisotopic (exact) mass is 463 g/mol. The summed E-state index contributed by atoms with van der Waals surface area (Å²) in [6.45, 7) is 2.49. The third kappa shape index (κ3) is 4.26. The lowest BCUT2D eigenvalue weighted by molar-refractivity contribution is -0.121. The minimum atomic E-state index is -1.76. The van der Waals surface area contributed by atoms with Gasteiger partial charge in [-0.25, -0.2) is 9.78 Å². The van der Waals surface area contributed by atoms with Crippen LogP contribution in [0.2, 0.25) is 0 Å². The summed E-state index contributed by atoms with van der Waals surface area (Å²) in [6, 6.07) is 5.56. The van der Waals surface area contributed by atoms with Crippen LogP contribution in [0.1, 0.15) is 5.56 Å². The first-order valence-corrected chi connectivity index (χ1v) is 10.5. The number of ether oxygens (including phenoxy) is 1. The van der Waals surface area contributed by atoms with Crippen molar-refractivity contribution in [2.45, 2.75) is 5.66 Å². The Morgan fingerprint density at radius 2 is 2.09 bits per heavy atom. The molecule has 5 rings (SSSR count). The molecule has 12 heteroatoms. The van der Waals surface area contributed by atoms with Crippen molar-refractivity contribution in [3.05, 3.63) is 60.6 Å². The SMILES string of the molecule is O=C(O)NC1(C(=O)Nc2cnc3nc(N4CCOCC4)oc3c2)C=CC=C(c2cccnc2)N1. The van der Waals surface area contributed by atoms with E-state index in [1.807, 2.05) is 4.90 Å². The molecule has 2 aliphatic rings. The second-order valence-corrected chi connectivity index (χ2v) is 7.64. The molecule has 0 bridgehead atoms. The lowest BCUT2D eigenvalue weighted by Gasteiger charge is -2.34. The van der Waals surface area contributed by atoms with Crippen LogP contribution in [0.3, 0.4) is 0 Å². The van der Waals surface area contributed by atoms with Gasteiger partial charge in [-0.3, -0.25) is 15.1 Å². The molecule has 5 heterocycles. The number of anilines is 2. The fraction of sp³-hybridized carbons (Fsp3) is 0.227. The topological polar surface area (TPSA) is 155 Å². The molecule has 4 N–H and O–H groups in total. The molecular formula is C22H21N7O5. The van der Waals surface area contributed by atoms with Gasteiger partial charge in [0.1, 0.15) is 0 Å². The summed E-state index contributed by atoms with van der Waals surface area (Å²) >= 11 is 0. The minimum absolute atomic E-state index is 0.321. The first kappa shape index (κ1) is 21.4. The highest BCUT2D eigenvalue weighted by molar-refractivity contribution is 6.03. The zero-order chi connectivity index (χ0) is 23.5. The molecule has 174 valence electrons. The van der Waals surface area contributed by atoms with Crippen LogP contribution in [0.15, 0.2) is 59.4 Å². The summed E-state index contributed by atoms with van der Waals surface area (Å²) in [5.74, 6) is -0.658. The number of dihydropyridines is 1. The van der Waals surface area contributed by atoms with Gasteiger partial charge in [-0.2, -0.15) is 4.98 Å². The highest BCUT2D eigenvalue weighted by Crippen LogP contribution is 2.25. The Bertz CT molecular complexity index is 1280. The molecule has 0 radical (unpaired) electrons. The van der Waals surface area contributed by atoms with Crippen molar-refractivity contribution >= 4 is 40.6 Å². The van der Waals surface area contributed by atoms with Crippen LogP contribution >= 0.6 is 0 Å². The maximum absolute atomic E-state index is 13.3. The number of oxazole rings is 1. The summed E-state index contributed by atoms with van der Waals surface area (Å²) in [5, 5.41) is 17.4. The van der Waals surface area contributed by atoms with E-state index >= 15 is 0 Å². The van der Waals surface area contributed by atoms with Crippen molar-refractivity contribution < 1.29 is 23.8 Å². The van der Waals surface area contributed by atoms with Gasteiger partial charge < -0.3 is 29.8 Å². The molecule has 0 aromatic carbocycles. The molecule has 0 saturated carbocycles. The van der Waals surface area contributed by atoms with Crippen LogP contribution in [0, 0.1) is 0 Å². The van der Waals surface area contributed by atoms with Gasteiger partial charge in [0.2, 0.25) is 11.3 Å². The lowest BCUT2D eigenvalue weighted by atomic mass is 10.0. The Kier molecular flexibility index (Phi) is 5.55. The Morgan fingerprint density at radius 3 is 2.85 bits per heavy atom. The fourth-order valence-electron chi connectivity index (χ4n) is 3.70. The number of nitrogens with zero attached hydrogens (tertiary/aromatic N) is 4. The number of allylic oxidation sites excluding steroid dienone is 2. The van der Waals surface area contributed by atoms with Gasteiger partial charge in [0.15, 0.2) is 5.58 Å². The Balaban J connectivity index is 1.39. The zero-order valence-corrected chi connectivity index (χ0v) is 17.9. The molecule has 1 saturated heterocycles. The molecular weight excluding hydrogens is 442 g/mol. The third-order valence-corrected chi connectivity index (χ3v) is 5.35. The molecule has 1 unspecified atom stereocenters. The third-order valence-electron chi connectivity index (χ3n) is 5.35. The number of rotatable bonds is 5. The van der Waals surface area contributed by atoms with E-state index in [2.05, 4.69) is 30.9 Å². The summed E-state index contributed by atoms with van der Waals surface area (Å²) in [5.41, 5.74) is 0.565. The number of pyridine rings is 2. The van der Waals surface area contributed by atoms with E-state index in [0.29, 0.717) is 60.5 Å². The second-order valence-electron chi connectivity index (χ2n) is 7.64. The number of fused-ring (bicyclic) bond motifs is 1. The smallest absolute Gasteiger partial charge is 0.407 e. The molecule has 2 amide bonds. The standard InChI is InChI=1S/C22H21N7O5/c30-19(22(28-21(31)32)5-1-4-16(27-22)14-3-2-6-23-12-14)25-15-11-17-18(24-13-15)26-20(34-17)29-7-9-33-10-8-29/h1-6,11-13,27-28H,7-10H2,(H,25,30)(H,31,32). The van der Waals surface area contributed by atoms with Gasteiger partial charge >= 0.3 is 6.09 Å². The first-order valence-electron chi connectivity index (χ1n) is 10.5. The minimum Gasteiger partial charge on any atom is -0.465 e. The van der Waals surface area contributed by atoms with Gasteiger partial charge in [-0.05, 0) is 24.3 Å². The van der Waals surface area contributed by atoms with Crippen LogP contribution in [-0.4, -0.2) is 64.0 Å². The van der Waals surface area contributed by atoms with Gasteiger partial charge in [0.25, 0.3) is 11.9 Å². The van der Waals surface area contributed by atoms with E-state index in [4.69, 9.17) is 9.15 Å². The van der Waals surface area contributed by atoms with E-state index < -0.39 is 17.7 Å². The van der Waals surface area contributed by atoms with Crippen molar-refractivity contribution in [1.82, 2.24) is 25.6 Å². The number of carbonyl (C=O) groups excluding carboxylic acids is 1. The quantitative estimate of drug-likeness (QED) is 0.438. The van der Waals surface area contributed by atoms with Crippen molar-refractivity contribution in [2.75, 3.05) is 36.5 Å².